The van der Waals surface area contributed by atoms with E-state index < -0.39 is 0 Å². The first-order valence-electron chi connectivity index (χ1n) is 11.9. The average Bonchev–Trinajstić information content (AvgIpc) is 2.77. The van der Waals surface area contributed by atoms with Crippen LogP contribution in [0.2, 0.25) is 0 Å². The zero-order valence-corrected chi connectivity index (χ0v) is 19.8. The summed E-state index contributed by atoms with van der Waals surface area (Å²) >= 11 is 0. The quantitative estimate of drug-likeness (QED) is 0.513. The number of anilines is 1. The minimum Gasteiger partial charge on any atom is -0.367 e. The van der Waals surface area contributed by atoms with Gasteiger partial charge in [-0.15, -0.1) is 0 Å². The Morgan fingerprint density at radius 3 is 2.39 bits per heavy atom. The molecule has 2 aliphatic heterocycles. The molecule has 0 bridgehead atoms. The minimum atomic E-state index is -0.135. The lowest BCUT2D eigenvalue weighted by molar-refractivity contribution is 0.187. The summed E-state index contributed by atoms with van der Waals surface area (Å²) in [5, 5.41) is 6.90. The molecule has 6 nitrogen and oxygen atoms in total. The Hall–Kier alpha value is -1.86. The number of benzene rings is 1. The molecule has 0 saturated carbocycles. The van der Waals surface area contributed by atoms with Crippen LogP contribution in [0, 0.1) is 11.7 Å². The number of halogens is 1. The standard InChI is InChI=1S/C24H41FN6/c1-5-29-12-14-31(15-13-29)23-7-6-20(16-22(23)25)17-27-24(26-4)28-21-8-10-30(11-9-21)18-19(2)3/h6-7,16,19,21H,5,8-15,17-18H2,1-4H3,(H2,26,27,28). The Morgan fingerprint density at radius 1 is 1.10 bits per heavy atom. The highest BCUT2D eigenvalue weighted by Gasteiger charge is 2.21. The Morgan fingerprint density at radius 2 is 1.81 bits per heavy atom. The van der Waals surface area contributed by atoms with Crippen LogP contribution in [-0.4, -0.2) is 81.2 Å². The molecule has 174 valence electrons. The average molecular weight is 433 g/mol. The van der Waals surface area contributed by atoms with Crippen LogP contribution >= 0.6 is 0 Å². The first-order chi connectivity index (χ1) is 15.0. The fraction of sp³-hybridized carbons (Fsp3) is 0.708. The van der Waals surface area contributed by atoms with Gasteiger partial charge in [0.25, 0.3) is 0 Å². The van der Waals surface area contributed by atoms with Gasteiger partial charge in [-0.3, -0.25) is 4.99 Å². The molecule has 3 rings (SSSR count). The normalized spacial score (nSPS) is 19.8. The molecular weight excluding hydrogens is 391 g/mol. The van der Waals surface area contributed by atoms with Gasteiger partial charge in [-0.2, -0.15) is 0 Å². The van der Waals surface area contributed by atoms with Gasteiger partial charge in [0.2, 0.25) is 0 Å². The number of hydrogen-bond acceptors (Lipinski definition) is 4. The molecule has 31 heavy (non-hydrogen) atoms. The van der Waals surface area contributed by atoms with Crippen molar-refractivity contribution in [2.24, 2.45) is 10.9 Å². The first-order valence-corrected chi connectivity index (χ1v) is 11.9. The zero-order valence-electron chi connectivity index (χ0n) is 19.8. The summed E-state index contributed by atoms with van der Waals surface area (Å²) in [5.74, 6) is 1.37. The number of rotatable bonds is 7. The molecule has 0 radical (unpaired) electrons. The maximum atomic E-state index is 14.8. The number of nitrogens with one attached hydrogen (secondary N) is 2. The summed E-state index contributed by atoms with van der Waals surface area (Å²) in [4.78, 5) is 11.5. The third kappa shape index (κ3) is 7.07. The van der Waals surface area contributed by atoms with E-state index in [0.29, 0.717) is 18.5 Å². The molecule has 0 atom stereocenters. The summed E-state index contributed by atoms with van der Waals surface area (Å²) in [7, 11) is 1.79. The highest BCUT2D eigenvalue weighted by atomic mass is 19.1. The summed E-state index contributed by atoms with van der Waals surface area (Å²) in [5.41, 5.74) is 1.65. The Labute approximate surface area is 187 Å². The molecule has 0 aromatic heterocycles. The number of hydrogen-bond donors (Lipinski definition) is 2. The number of guanidine groups is 1. The second-order valence-electron chi connectivity index (χ2n) is 9.25. The Balaban J connectivity index is 1.46. The van der Waals surface area contributed by atoms with Gasteiger partial charge >= 0.3 is 0 Å². The third-order valence-corrected chi connectivity index (χ3v) is 6.41. The van der Waals surface area contributed by atoms with Crippen LogP contribution in [0.25, 0.3) is 0 Å². The van der Waals surface area contributed by atoms with Gasteiger partial charge in [0.15, 0.2) is 5.96 Å². The molecule has 2 saturated heterocycles. The second-order valence-corrected chi connectivity index (χ2v) is 9.25. The van der Waals surface area contributed by atoms with Crippen molar-refractivity contribution in [2.75, 3.05) is 64.3 Å². The van der Waals surface area contributed by atoms with E-state index in [1.54, 1.807) is 13.1 Å². The van der Waals surface area contributed by atoms with Crippen LogP contribution in [-0.2, 0) is 6.54 Å². The van der Waals surface area contributed by atoms with E-state index in [1.807, 2.05) is 12.1 Å². The molecule has 2 heterocycles. The molecule has 0 aliphatic carbocycles. The van der Waals surface area contributed by atoms with E-state index in [9.17, 15) is 4.39 Å². The Bertz CT molecular complexity index is 706. The summed E-state index contributed by atoms with van der Waals surface area (Å²) in [6.45, 7) is 15.6. The number of likely N-dealkylation sites (tertiary alicyclic amines) is 1. The lowest BCUT2D eigenvalue weighted by atomic mass is 10.0. The number of piperidine rings is 1. The summed E-state index contributed by atoms with van der Waals surface area (Å²) < 4.78 is 14.8. The first kappa shape index (κ1) is 23.8. The van der Waals surface area contributed by atoms with Crippen molar-refractivity contribution in [1.29, 1.82) is 0 Å². The third-order valence-electron chi connectivity index (χ3n) is 6.41. The fourth-order valence-electron chi connectivity index (χ4n) is 4.57. The van der Waals surface area contributed by atoms with Gasteiger partial charge in [0.05, 0.1) is 5.69 Å². The molecule has 2 fully saturated rings. The van der Waals surface area contributed by atoms with E-state index in [4.69, 9.17) is 0 Å². The van der Waals surface area contributed by atoms with E-state index >= 15 is 0 Å². The monoisotopic (exact) mass is 432 g/mol. The van der Waals surface area contributed by atoms with Crippen LogP contribution in [0.5, 0.6) is 0 Å². The van der Waals surface area contributed by atoms with Crippen molar-refractivity contribution in [3.8, 4) is 0 Å². The van der Waals surface area contributed by atoms with Crippen LogP contribution in [0.4, 0.5) is 10.1 Å². The van der Waals surface area contributed by atoms with Crippen molar-refractivity contribution in [1.82, 2.24) is 20.4 Å². The van der Waals surface area contributed by atoms with E-state index in [-0.39, 0.29) is 5.82 Å². The fourth-order valence-corrected chi connectivity index (χ4v) is 4.57. The number of piperazine rings is 1. The van der Waals surface area contributed by atoms with Gasteiger partial charge < -0.3 is 25.3 Å². The molecule has 7 heteroatoms. The van der Waals surface area contributed by atoms with E-state index in [1.165, 1.54) is 6.54 Å². The van der Waals surface area contributed by atoms with Crippen LogP contribution in [0.15, 0.2) is 23.2 Å². The van der Waals surface area contributed by atoms with E-state index in [0.717, 1.165) is 75.9 Å². The molecule has 2 aliphatic rings. The number of likely N-dealkylation sites (N-methyl/N-ethyl adjacent to an activating group) is 1. The minimum absolute atomic E-state index is 0.135. The number of nitrogens with zero attached hydrogens (tertiary/aromatic N) is 4. The molecule has 0 spiro atoms. The molecule has 1 aromatic rings. The SMILES string of the molecule is CCN1CCN(c2ccc(CNC(=NC)NC3CCN(CC(C)C)CC3)cc2F)CC1. The van der Waals surface area contributed by atoms with Crippen LogP contribution in [0.3, 0.4) is 0 Å². The van der Waals surface area contributed by atoms with Crippen molar-refractivity contribution in [3.63, 3.8) is 0 Å². The second kappa shape index (κ2) is 11.7. The molecule has 1 aromatic carbocycles. The lowest BCUT2D eigenvalue weighted by Crippen LogP contribution is -2.49. The molecule has 2 N–H and O–H groups in total. The summed E-state index contributed by atoms with van der Waals surface area (Å²) in [6.07, 6.45) is 2.25. The van der Waals surface area contributed by atoms with Gasteiger partial charge in [0, 0.05) is 65.4 Å². The van der Waals surface area contributed by atoms with E-state index in [2.05, 4.69) is 51.1 Å². The van der Waals surface area contributed by atoms with Gasteiger partial charge in [-0.25, -0.2) is 4.39 Å². The predicted octanol–water partition coefficient (Wildman–Crippen LogP) is 2.75. The smallest absolute Gasteiger partial charge is 0.191 e. The maximum absolute atomic E-state index is 14.8. The van der Waals surface area contributed by atoms with Gasteiger partial charge in [-0.05, 0) is 43.0 Å². The highest BCUT2D eigenvalue weighted by Crippen LogP contribution is 2.22. The maximum Gasteiger partial charge on any atom is 0.191 e. The van der Waals surface area contributed by atoms with Gasteiger partial charge in [-0.1, -0.05) is 26.8 Å². The molecule has 0 unspecified atom stereocenters. The molecule has 0 amide bonds. The van der Waals surface area contributed by atoms with Crippen LogP contribution in [0.1, 0.15) is 39.2 Å². The molecular formula is C24H41FN6. The van der Waals surface area contributed by atoms with Crippen molar-refractivity contribution in [3.05, 3.63) is 29.6 Å². The topological polar surface area (TPSA) is 46.1 Å². The summed E-state index contributed by atoms with van der Waals surface area (Å²) in [6, 6.07) is 6.05. The predicted molar refractivity (Wildman–Crippen MR) is 128 cm³/mol. The van der Waals surface area contributed by atoms with Crippen molar-refractivity contribution >= 4 is 11.6 Å². The Kier molecular flexibility index (Phi) is 8.96. The largest absolute Gasteiger partial charge is 0.367 e. The number of aliphatic imine (C=N–C) groups is 1. The van der Waals surface area contributed by atoms with Gasteiger partial charge in [0.1, 0.15) is 5.82 Å². The zero-order chi connectivity index (χ0) is 22.2. The van der Waals surface area contributed by atoms with Crippen LogP contribution < -0.4 is 15.5 Å². The highest BCUT2D eigenvalue weighted by molar-refractivity contribution is 5.80. The van der Waals surface area contributed by atoms with Crippen molar-refractivity contribution in [2.45, 2.75) is 46.2 Å². The lowest BCUT2D eigenvalue weighted by Gasteiger charge is -2.35. The van der Waals surface area contributed by atoms with Crippen molar-refractivity contribution < 1.29 is 4.39 Å².